The van der Waals surface area contributed by atoms with Crippen LogP contribution in [0, 0.1) is 0 Å². The lowest BCUT2D eigenvalue weighted by atomic mass is 9.92. The van der Waals surface area contributed by atoms with E-state index in [0.29, 0.717) is 28.4 Å². The lowest BCUT2D eigenvalue weighted by molar-refractivity contribution is 0.0843. The minimum Gasteiger partial charge on any atom is -0.497 e. The second kappa shape index (κ2) is 8.17. The van der Waals surface area contributed by atoms with Crippen molar-refractivity contribution >= 4 is 11.9 Å². The summed E-state index contributed by atoms with van der Waals surface area (Å²) < 4.78 is 22.4. The van der Waals surface area contributed by atoms with E-state index in [1.165, 1.54) is 14.2 Å². The number of hydrogen-bond donors (Lipinski definition) is 1. The Morgan fingerprint density at radius 2 is 1.72 bits per heavy atom. The molecule has 0 aliphatic carbocycles. The van der Waals surface area contributed by atoms with Gasteiger partial charge >= 0.3 is 0 Å². The fraction of sp³-hybridized carbons (Fsp3) is 0.348. The highest BCUT2D eigenvalue weighted by molar-refractivity contribution is 6.04. The van der Waals surface area contributed by atoms with E-state index in [1.807, 2.05) is 24.3 Å². The topological polar surface area (TPSA) is 74.2 Å². The van der Waals surface area contributed by atoms with Crippen molar-refractivity contribution in [2.24, 2.45) is 0 Å². The molecule has 0 unspecified atom stereocenters. The molecular formula is C23H26O6. The summed E-state index contributed by atoms with van der Waals surface area (Å²) in [5.74, 6) is 1.93. The monoisotopic (exact) mass is 398 g/mol. The zero-order chi connectivity index (χ0) is 21.2. The van der Waals surface area contributed by atoms with Crippen molar-refractivity contribution in [1.82, 2.24) is 0 Å². The molecule has 0 spiro atoms. The number of hydrogen-bond acceptors (Lipinski definition) is 6. The number of rotatable bonds is 6. The van der Waals surface area contributed by atoms with Crippen LogP contribution in [0.4, 0.5) is 0 Å². The van der Waals surface area contributed by atoms with Gasteiger partial charge in [-0.2, -0.15) is 0 Å². The summed E-state index contributed by atoms with van der Waals surface area (Å²) in [5.41, 5.74) is 0.792. The van der Waals surface area contributed by atoms with E-state index in [-0.39, 0.29) is 12.2 Å². The maximum atomic E-state index is 13.0. The number of benzene rings is 2. The number of Topliss-reactive ketones (excluding diaryl/α,β-unsaturated/α-hetero) is 1. The van der Waals surface area contributed by atoms with E-state index < -0.39 is 11.7 Å². The third-order valence-electron chi connectivity index (χ3n) is 4.74. The van der Waals surface area contributed by atoms with Gasteiger partial charge in [-0.05, 0) is 37.6 Å². The lowest BCUT2D eigenvalue weighted by Crippen LogP contribution is -2.22. The van der Waals surface area contributed by atoms with Crippen molar-refractivity contribution in [3.05, 3.63) is 53.1 Å². The molecule has 154 valence electrons. The van der Waals surface area contributed by atoms with E-state index in [4.69, 9.17) is 18.9 Å². The van der Waals surface area contributed by atoms with Crippen molar-refractivity contribution in [1.29, 1.82) is 0 Å². The van der Waals surface area contributed by atoms with Gasteiger partial charge in [-0.25, -0.2) is 0 Å². The molecule has 0 radical (unpaired) electrons. The number of methoxy groups -OCH3 is 3. The van der Waals surface area contributed by atoms with E-state index in [1.54, 1.807) is 39.2 Å². The molecular weight excluding hydrogens is 372 g/mol. The summed E-state index contributed by atoms with van der Waals surface area (Å²) in [6, 6.07) is 9.09. The molecule has 0 saturated carbocycles. The normalized spacial score (nSPS) is 16.3. The van der Waals surface area contributed by atoms with E-state index in [9.17, 15) is 9.90 Å². The third kappa shape index (κ3) is 4.38. The van der Waals surface area contributed by atoms with Crippen molar-refractivity contribution in [3.63, 3.8) is 0 Å². The van der Waals surface area contributed by atoms with Crippen LogP contribution in [-0.2, 0) is 0 Å². The number of ether oxygens (including phenoxy) is 4. The average molecular weight is 398 g/mol. The summed E-state index contributed by atoms with van der Waals surface area (Å²) in [6.45, 7) is 3.33. The van der Waals surface area contributed by atoms with Crippen LogP contribution in [0.1, 0.15) is 47.9 Å². The molecule has 1 heterocycles. The summed E-state index contributed by atoms with van der Waals surface area (Å²) >= 11 is 0. The van der Waals surface area contributed by atoms with Crippen LogP contribution >= 0.6 is 0 Å². The number of carbonyl (C=O) groups excluding carboxylic acids is 1. The Morgan fingerprint density at radius 3 is 2.28 bits per heavy atom. The standard InChI is InChI=1S/C23H26O6/c1-23(2,25)11-10-16-19(27-4)13-20(28-5)21-17(24)12-18(29-22(16)21)14-6-8-15(26-3)9-7-14/h6-11,13,18,25H,12H2,1-5H3/t18-/m0/s1. The fourth-order valence-electron chi connectivity index (χ4n) is 3.25. The Morgan fingerprint density at radius 1 is 1.07 bits per heavy atom. The van der Waals surface area contributed by atoms with Gasteiger partial charge in [-0.1, -0.05) is 18.2 Å². The van der Waals surface area contributed by atoms with Gasteiger partial charge in [0, 0.05) is 6.07 Å². The molecule has 2 aromatic carbocycles. The van der Waals surface area contributed by atoms with Gasteiger partial charge in [0.05, 0.1) is 38.9 Å². The van der Waals surface area contributed by atoms with Crippen molar-refractivity contribution in [2.75, 3.05) is 21.3 Å². The molecule has 0 bridgehead atoms. The van der Waals surface area contributed by atoms with Gasteiger partial charge < -0.3 is 24.1 Å². The first-order valence-electron chi connectivity index (χ1n) is 9.31. The van der Waals surface area contributed by atoms with Crippen LogP contribution in [0.25, 0.3) is 6.08 Å². The average Bonchev–Trinajstić information content (AvgIpc) is 2.70. The molecule has 1 aliphatic heterocycles. The smallest absolute Gasteiger partial charge is 0.174 e. The highest BCUT2D eigenvalue weighted by atomic mass is 16.5. The van der Waals surface area contributed by atoms with Gasteiger partial charge in [0.2, 0.25) is 0 Å². The second-order valence-corrected chi connectivity index (χ2v) is 7.39. The van der Waals surface area contributed by atoms with E-state index in [2.05, 4.69) is 0 Å². The zero-order valence-electron chi connectivity index (χ0n) is 17.3. The maximum Gasteiger partial charge on any atom is 0.174 e. The van der Waals surface area contributed by atoms with Gasteiger partial charge in [0.25, 0.3) is 0 Å². The highest BCUT2D eigenvalue weighted by Gasteiger charge is 2.34. The first-order chi connectivity index (χ1) is 13.8. The zero-order valence-corrected chi connectivity index (χ0v) is 17.3. The molecule has 0 aromatic heterocycles. The molecule has 1 atom stereocenters. The van der Waals surface area contributed by atoms with Crippen molar-refractivity contribution in [2.45, 2.75) is 32.0 Å². The van der Waals surface area contributed by atoms with E-state index in [0.717, 1.165) is 11.3 Å². The molecule has 2 aromatic rings. The number of aliphatic hydroxyl groups is 1. The summed E-state index contributed by atoms with van der Waals surface area (Å²) in [6.07, 6.45) is 3.08. The van der Waals surface area contributed by atoms with Gasteiger partial charge in [0.15, 0.2) is 5.78 Å². The molecule has 1 aliphatic rings. The summed E-state index contributed by atoms with van der Waals surface area (Å²) in [7, 11) is 4.64. The Bertz CT molecular complexity index is 922. The van der Waals surface area contributed by atoms with Gasteiger partial charge in [-0.15, -0.1) is 0 Å². The molecule has 0 fully saturated rings. The summed E-state index contributed by atoms with van der Waals surface area (Å²) in [5, 5.41) is 10.1. The minimum atomic E-state index is -1.04. The highest BCUT2D eigenvalue weighted by Crippen LogP contribution is 2.46. The van der Waals surface area contributed by atoms with Gasteiger partial charge in [-0.3, -0.25) is 4.79 Å². The molecule has 29 heavy (non-hydrogen) atoms. The fourth-order valence-corrected chi connectivity index (χ4v) is 3.25. The number of ketones is 1. The number of fused-ring (bicyclic) bond motifs is 1. The van der Waals surface area contributed by atoms with Crippen LogP contribution in [0.3, 0.4) is 0 Å². The maximum absolute atomic E-state index is 13.0. The molecule has 6 nitrogen and oxygen atoms in total. The third-order valence-corrected chi connectivity index (χ3v) is 4.74. The van der Waals surface area contributed by atoms with E-state index >= 15 is 0 Å². The predicted octanol–water partition coefficient (Wildman–Crippen LogP) is 4.20. The quantitative estimate of drug-likeness (QED) is 0.786. The van der Waals surface area contributed by atoms with Gasteiger partial charge in [0.1, 0.15) is 34.7 Å². The number of carbonyl (C=O) groups is 1. The van der Waals surface area contributed by atoms with Crippen LogP contribution in [0.5, 0.6) is 23.0 Å². The van der Waals surface area contributed by atoms with Crippen molar-refractivity contribution in [3.8, 4) is 23.0 Å². The molecule has 0 amide bonds. The first kappa shape index (κ1) is 20.7. The SMILES string of the molecule is COc1ccc([C@@H]2CC(=O)c3c(OC)cc(OC)c(C=CC(C)(C)O)c3O2)cc1. The summed E-state index contributed by atoms with van der Waals surface area (Å²) in [4.78, 5) is 13.0. The Kier molecular flexibility index (Phi) is 5.84. The van der Waals surface area contributed by atoms with Crippen LogP contribution < -0.4 is 18.9 Å². The molecule has 1 N–H and O–H groups in total. The van der Waals surface area contributed by atoms with Crippen LogP contribution in [-0.4, -0.2) is 37.8 Å². The Balaban J connectivity index is 2.12. The second-order valence-electron chi connectivity index (χ2n) is 7.39. The minimum absolute atomic E-state index is 0.0792. The predicted molar refractivity (Wildman–Crippen MR) is 110 cm³/mol. The van der Waals surface area contributed by atoms with Crippen LogP contribution in [0.15, 0.2) is 36.4 Å². The lowest BCUT2D eigenvalue weighted by Gasteiger charge is -2.29. The molecule has 0 saturated heterocycles. The Hall–Kier alpha value is -2.99. The largest absolute Gasteiger partial charge is 0.497 e. The van der Waals surface area contributed by atoms with Crippen LogP contribution in [0.2, 0.25) is 0 Å². The Labute approximate surface area is 170 Å². The molecule has 3 rings (SSSR count). The first-order valence-corrected chi connectivity index (χ1v) is 9.31. The molecule has 6 heteroatoms. The van der Waals surface area contributed by atoms with Crippen molar-refractivity contribution < 1.29 is 28.8 Å².